The van der Waals surface area contributed by atoms with Gasteiger partial charge in [0, 0.05) is 6.21 Å². The van der Waals surface area contributed by atoms with E-state index >= 15 is 0 Å². The summed E-state index contributed by atoms with van der Waals surface area (Å²) in [5.74, 6) is 0. The van der Waals surface area contributed by atoms with Gasteiger partial charge >= 0.3 is 0 Å². The average molecular weight is 203 g/mol. The van der Waals surface area contributed by atoms with Crippen molar-refractivity contribution in [2.45, 2.75) is 39.3 Å². The Kier molecular flexibility index (Phi) is 4.37. The maximum atomic E-state index is 5.64. The number of hydrogen-bond acceptors (Lipinski definition) is 2. The fourth-order valence-corrected chi connectivity index (χ4v) is 1.80. The Balaban J connectivity index is 3.64. The molecule has 0 aliphatic rings. The third-order valence-electron chi connectivity index (χ3n) is 1.07. The van der Waals surface area contributed by atoms with Crippen molar-refractivity contribution >= 4 is 22.8 Å². The summed E-state index contributed by atoms with van der Waals surface area (Å²) in [7, 11) is -2.58. The zero-order valence-corrected chi connectivity index (χ0v) is 11.1. The molecular weight excluding hydrogens is 182 g/mol. The van der Waals surface area contributed by atoms with Crippen molar-refractivity contribution < 1.29 is 4.43 Å². The van der Waals surface area contributed by atoms with Crippen LogP contribution in [0.2, 0.25) is 39.3 Å². The quantitative estimate of drug-likeness (QED) is 0.508. The van der Waals surface area contributed by atoms with Crippen LogP contribution in [0.3, 0.4) is 0 Å². The molecule has 0 heterocycles. The molecule has 0 spiro atoms. The van der Waals surface area contributed by atoms with Crippen molar-refractivity contribution in [1.29, 1.82) is 0 Å². The van der Waals surface area contributed by atoms with E-state index in [2.05, 4.69) is 43.9 Å². The van der Waals surface area contributed by atoms with E-state index in [9.17, 15) is 0 Å². The molecule has 12 heavy (non-hydrogen) atoms. The van der Waals surface area contributed by atoms with Gasteiger partial charge in [-0.25, -0.2) is 0 Å². The molecule has 0 unspecified atom stereocenters. The molecule has 0 atom stereocenters. The lowest BCUT2D eigenvalue weighted by Gasteiger charge is -2.15. The van der Waals surface area contributed by atoms with Crippen LogP contribution in [-0.4, -0.2) is 29.4 Å². The first-order chi connectivity index (χ1) is 5.21. The van der Waals surface area contributed by atoms with Crippen molar-refractivity contribution in [2.75, 3.05) is 6.61 Å². The monoisotopic (exact) mass is 203 g/mol. The molecule has 0 aliphatic heterocycles. The molecule has 0 N–H and O–H groups in total. The van der Waals surface area contributed by atoms with E-state index in [1.807, 2.05) is 6.21 Å². The minimum Gasteiger partial charge on any atom is -0.412 e. The van der Waals surface area contributed by atoms with E-state index in [1.165, 1.54) is 0 Å². The second kappa shape index (κ2) is 4.34. The first-order valence-corrected chi connectivity index (χ1v) is 11.2. The van der Waals surface area contributed by atoms with E-state index in [0.717, 1.165) is 0 Å². The average Bonchev–Trinajstić information content (AvgIpc) is 1.76. The molecule has 2 nitrogen and oxygen atoms in total. The van der Waals surface area contributed by atoms with E-state index in [-0.39, 0.29) is 0 Å². The molecule has 0 saturated heterocycles. The highest BCUT2D eigenvalue weighted by Crippen LogP contribution is 2.02. The second-order valence-corrected chi connectivity index (χ2v) is 14.0. The third-order valence-corrected chi connectivity index (χ3v) is 3.06. The fourth-order valence-electron chi connectivity index (χ4n) is 0.598. The lowest BCUT2D eigenvalue weighted by Crippen LogP contribution is -2.27. The maximum absolute atomic E-state index is 5.64. The van der Waals surface area contributed by atoms with Crippen LogP contribution in [0.1, 0.15) is 0 Å². The highest BCUT2D eigenvalue weighted by Gasteiger charge is 2.13. The Morgan fingerprint density at radius 3 is 1.92 bits per heavy atom. The first kappa shape index (κ1) is 12.1. The Morgan fingerprint density at radius 2 is 1.58 bits per heavy atom. The van der Waals surface area contributed by atoms with Crippen LogP contribution >= 0.6 is 0 Å². The molecule has 0 bridgehead atoms. The van der Waals surface area contributed by atoms with Gasteiger partial charge in [0.1, 0.15) is 0 Å². The lowest BCUT2D eigenvalue weighted by molar-refractivity contribution is 0.375. The number of rotatable bonds is 4. The molecule has 72 valence electrons. The van der Waals surface area contributed by atoms with E-state index in [1.54, 1.807) is 0 Å². The van der Waals surface area contributed by atoms with Crippen LogP contribution in [0.25, 0.3) is 0 Å². The summed E-state index contributed by atoms with van der Waals surface area (Å²) in [6, 6.07) is 0. The summed E-state index contributed by atoms with van der Waals surface area (Å²) in [6.45, 7) is 13.9. The van der Waals surface area contributed by atoms with Crippen molar-refractivity contribution in [2.24, 2.45) is 4.66 Å². The van der Waals surface area contributed by atoms with E-state index in [0.29, 0.717) is 6.61 Å². The van der Waals surface area contributed by atoms with Gasteiger partial charge in [0.15, 0.2) is 16.6 Å². The number of nitrogens with zero attached hydrogens (tertiary/aromatic N) is 1. The van der Waals surface area contributed by atoms with Crippen LogP contribution in [0.15, 0.2) is 4.66 Å². The van der Waals surface area contributed by atoms with Crippen LogP contribution in [0.4, 0.5) is 0 Å². The predicted octanol–water partition coefficient (Wildman–Crippen LogP) is 2.74. The number of hydrogen-bond donors (Lipinski definition) is 0. The van der Waals surface area contributed by atoms with Gasteiger partial charge in [0.05, 0.1) is 6.61 Å². The van der Waals surface area contributed by atoms with Gasteiger partial charge in [-0.05, 0) is 39.3 Å². The van der Waals surface area contributed by atoms with Gasteiger partial charge in [-0.3, -0.25) is 0 Å². The standard InChI is InChI=1S/C8H21NOSi2/c1-11(2,3)9-7-8-10-12(4,5)6/h7H,8H2,1-6H3. The maximum Gasteiger partial charge on any atom is 0.184 e. The molecule has 0 fully saturated rings. The SMILES string of the molecule is C[Si](C)(C)N=CCO[Si](C)(C)C. The van der Waals surface area contributed by atoms with Crippen molar-refractivity contribution in [3.05, 3.63) is 0 Å². The summed E-state index contributed by atoms with van der Waals surface area (Å²) in [5.41, 5.74) is 0. The molecule has 0 rings (SSSR count). The summed E-state index contributed by atoms with van der Waals surface area (Å²) in [5, 5.41) is 0. The molecule has 0 aliphatic carbocycles. The van der Waals surface area contributed by atoms with Crippen LogP contribution in [-0.2, 0) is 4.43 Å². The summed E-state index contributed by atoms with van der Waals surface area (Å²) in [6.07, 6.45) is 1.93. The van der Waals surface area contributed by atoms with Gasteiger partial charge in [-0.2, -0.15) is 0 Å². The molecule has 0 aromatic heterocycles. The largest absolute Gasteiger partial charge is 0.412 e. The molecule has 0 amide bonds. The first-order valence-electron chi connectivity index (χ1n) is 4.38. The Hall–Kier alpha value is 0.0638. The Labute approximate surface area is 78.3 Å². The lowest BCUT2D eigenvalue weighted by atomic mass is 10.8. The smallest absolute Gasteiger partial charge is 0.184 e. The van der Waals surface area contributed by atoms with E-state index < -0.39 is 16.6 Å². The predicted molar refractivity (Wildman–Crippen MR) is 61.1 cm³/mol. The topological polar surface area (TPSA) is 21.6 Å². The van der Waals surface area contributed by atoms with E-state index in [4.69, 9.17) is 4.43 Å². The summed E-state index contributed by atoms with van der Waals surface area (Å²) in [4.78, 5) is 0. The highest BCUT2D eigenvalue weighted by atomic mass is 28.4. The van der Waals surface area contributed by atoms with Crippen LogP contribution < -0.4 is 0 Å². The zero-order valence-electron chi connectivity index (χ0n) is 9.14. The molecule has 0 aromatic carbocycles. The van der Waals surface area contributed by atoms with Crippen molar-refractivity contribution in [3.8, 4) is 0 Å². The van der Waals surface area contributed by atoms with Crippen molar-refractivity contribution in [1.82, 2.24) is 0 Å². The third kappa shape index (κ3) is 10.1. The minimum atomic E-state index is -1.33. The van der Waals surface area contributed by atoms with Crippen LogP contribution in [0.5, 0.6) is 0 Å². The fraction of sp³-hybridized carbons (Fsp3) is 0.875. The normalized spacial score (nSPS) is 14.2. The molecule has 0 aromatic rings. The summed E-state index contributed by atoms with van der Waals surface area (Å²) >= 11 is 0. The second-order valence-electron chi connectivity index (χ2n) is 4.91. The Bertz CT molecular complexity index is 155. The van der Waals surface area contributed by atoms with Gasteiger partial charge in [0.25, 0.3) is 0 Å². The molecule has 0 saturated carbocycles. The van der Waals surface area contributed by atoms with Gasteiger partial charge in [0.2, 0.25) is 0 Å². The highest BCUT2D eigenvalue weighted by molar-refractivity contribution is 6.75. The minimum absolute atomic E-state index is 0.694. The zero-order chi connectivity index (χ0) is 9.83. The Morgan fingerprint density at radius 1 is 1.08 bits per heavy atom. The van der Waals surface area contributed by atoms with Gasteiger partial charge in [-0.15, -0.1) is 0 Å². The molecular formula is C8H21NOSi2. The molecule has 4 heteroatoms. The molecule has 0 radical (unpaired) electrons. The van der Waals surface area contributed by atoms with Crippen molar-refractivity contribution in [3.63, 3.8) is 0 Å². The summed E-state index contributed by atoms with van der Waals surface area (Å²) < 4.78 is 10.1. The van der Waals surface area contributed by atoms with Crippen LogP contribution in [0, 0.1) is 0 Å². The van der Waals surface area contributed by atoms with Gasteiger partial charge < -0.3 is 9.08 Å². The van der Waals surface area contributed by atoms with Gasteiger partial charge in [-0.1, -0.05) is 0 Å².